The lowest BCUT2D eigenvalue weighted by Crippen LogP contribution is -2.47. The Morgan fingerprint density at radius 1 is 1.30 bits per heavy atom. The normalized spacial score (nSPS) is 17.5. The number of amides is 2. The minimum absolute atomic E-state index is 0.0318. The Balaban J connectivity index is 1.69. The number of carbonyl (C=O) groups excluding carboxylic acids is 1. The van der Waals surface area contributed by atoms with Crippen molar-refractivity contribution in [2.75, 3.05) is 31.7 Å². The molecule has 1 aliphatic heterocycles. The Morgan fingerprint density at radius 3 is 2.52 bits per heavy atom. The van der Waals surface area contributed by atoms with Gasteiger partial charge in [-0.25, -0.2) is 13.2 Å². The Bertz CT molecular complexity index is 619. The predicted molar refractivity (Wildman–Crippen MR) is 89.8 cm³/mol. The topological polar surface area (TPSA) is 75.7 Å². The number of ether oxygens (including phenoxy) is 1. The summed E-state index contributed by atoms with van der Waals surface area (Å²) in [5, 5.41) is 3.41. The summed E-state index contributed by atoms with van der Waals surface area (Å²) in [7, 11) is -1.22. The molecule has 0 aliphatic carbocycles. The minimum atomic E-state index is -2.92. The van der Waals surface area contributed by atoms with Crippen LogP contribution in [0.1, 0.15) is 12.8 Å². The number of halogens is 1. The second-order valence-corrected chi connectivity index (χ2v) is 8.27. The third-order valence-corrected chi connectivity index (χ3v) is 5.82. The third-order valence-electron chi connectivity index (χ3n) is 3.85. The average Bonchev–Trinajstić information content (AvgIpc) is 2.52. The maximum absolute atomic E-state index is 12.1. The average molecular weight is 361 g/mol. The minimum Gasteiger partial charge on any atom is -0.492 e. The van der Waals surface area contributed by atoms with Gasteiger partial charge in [0.15, 0.2) is 0 Å². The highest BCUT2D eigenvalue weighted by atomic mass is 35.5. The summed E-state index contributed by atoms with van der Waals surface area (Å²) < 4.78 is 28.3. The number of nitrogens with one attached hydrogen (secondary N) is 1. The number of rotatable bonds is 5. The molecule has 1 N–H and O–H groups in total. The molecule has 128 valence electrons. The van der Waals surface area contributed by atoms with E-state index in [1.807, 2.05) is 0 Å². The Kier molecular flexibility index (Phi) is 6.12. The van der Waals surface area contributed by atoms with Gasteiger partial charge < -0.3 is 15.0 Å². The summed E-state index contributed by atoms with van der Waals surface area (Å²) in [5.41, 5.74) is 0. The van der Waals surface area contributed by atoms with Crippen LogP contribution < -0.4 is 10.1 Å². The van der Waals surface area contributed by atoms with E-state index >= 15 is 0 Å². The molecule has 0 atom stereocenters. The van der Waals surface area contributed by atoms with Crippen LogP contribution in [0.15, 0.2) is 24.3 Å². The van der Waals surface area contributed by atoms with Gasteiger partial charge in [0, 0.05) is 18.1 Å². The summed E-state index contributed by atoms with van der Waals surface area (Å²) >= 11 is 5.79. The summed E-state index contributed by atoms with van der Waals surface area (Å²) in [4.78, 5) is 13.6. The Labute approximate surface area is 141 Å². The lowest BCUT2D eigenvalue weighted by atomic mass is 10.1. The summed E-state index contributed by atoms with van der Waals surface area (Å²) in [5.74, 6) is 0.985. The van der Waals surface area contributed by atoms with E-state index in [-0.39, 0.29) is 23.6 Å². The maximum Gasteiger partial charge on any atom is 0.317 e. The molecular formula is C15H21ClN2O4S. The second kappa shape index (κ2) is 7.88. The summed E-state index contributed by atoms with van der Waals surface area (Å²) in [6, 6.07) is 6.75. The van der Waals surface area contributed by atoms with E-state index in [1.165, 1.54) is 0 Å². The fourth-order valence-corrected chi connectivity index (χ4v) is 4.01. The molecule has 2 amide bonds. The molecule has 1 heterocycles. The first-order valence-corrected chi connectivity index (χ1v) is 9.67. The second-order valence-electron chi connectivity index (χ2n) is 5.53. The third kappa shape index (κ3) is 5.58. The van der Waals surface area contributed by atoms with Crippen molar-refractivity contribution in [3.8, 4) is 5.75 Å². The highest BCUT2D eigenvalue weighted by molar-refractivity contribution is 7.91. The highest BCUT2D eigenvalue weighted by Crippen LogP contribution is 2.17. The van der Waals surface area contributed by atoms with Gasteiger partial charge in [0.25, 0.3) is 0 Å². The van der Waals surface area contributed by atoms with E-state index in [0.717, 1.165) is 0 Å². The van der Waals surface area contributed by atoms with E-state index < -0.39 is 9.84 Å². The van der Waals surface area contributed by atoms with Crippen molar-refractivity contribution in [3.05, 3.63) is 29.3 Å². The van der Waals surface area contributed by atoms with Gasteiger partial charge >= 0.3 is 6.03 Å². The van der Waals surface area contributed by atoms with Crippen LogP contribution in [0.4, 0.5) is 4.79 Å². The van der Waals surface area contributed by atoms with E-state index in [0.29, 0.717) is 36.8 Å². The number of nitrogens with zero attached hydrogens (tertiary/aromatic N) is 1. The zero-order chi connectivity index (χ0) is 16.9. The molecule has 6 nitrogen and oxygen atoms in total. The fourth-order valence-electron chi connectivity index (χ4n) is 2.41. The molecule has 0 radical (unpaired) electrons. The van der Waals surface area contributed by atoms with Gasteiger partial charge in [-0.1, -0.05) is 11.6 Å². The zero-order valence-electron chi connectivity index (χ0n) is 13.0. The van der Waals surface area contributed by atoms with Crippen molar-refractivity contribution in [1.29, 1.82) is 0 Å². The number of carbonyl (C=O) groups is 1. The molecule has 2 rings (SSSR count). The lowest BCUT2D eigenvalue weighted by Gasteiger charge is -2.31. The highest BCUT2D eigenvalue weighted by Gasteiger charge is 2.28. The molecule has 0 aromatic heterocycles. The molecule has 0 spiro atoms. The van der Waals surface area contributed by atoms with Crippen molar-refractivity contribution >= 4 is 27.5 Å². The van der Waals surface area contributed by atoms with Gasteiger partial charge in [-0.3, -0.25) is 0 Å². The van der Waals surface area contributed by atoms with E-state index in [1.54, 1.807) is 36.2 Å². The van der Waals surface area contributed by atoms with Crippen molar-refractivity contribution in [2.24, 2.45) is 0 Å². The zero-order valence-corrected chi connectivity index (χ0v) is 14.6. The van der Waals surface area contributed by atoms with Crippen LogP contribution >= 0.6 is 11.6 Å². The smallest absolute Gasteiger partial charge is 0.317 e. The Hall–Kier alpha value is -1.47. The Morgan fingerprint density at radius 2 is 1.91 bits per heavy atom. The van der Waals surface area contributed by atoms with Crippen LogP contribution in [0.3, 0.4) is 0 Å². The molecule has 1 aromatic rings. The van der Waals surface area contributed by atoms with Crippen molar-refractivity contribution in [1.82, 2.24) is 10.2 Å². The summed E-state index contributed by atoms with van der Waals surface area (Å²) in [6.07, 6.45) is 0.987. The van der Waals surface area contributed by atoms with Crippen LogP contribution in [0.2, 0.25) is 5.02 Å². The molecule has 0 saturated carbocycles. The SMILES string of the molecule is CN(C(=O)NCCOc1ccc(Cl)cc1)C1CCS(=O)(=O)CC1. The predicted octanol–water partition coefficient (Wildman–Crippen LogP) is 1.94. The number of hydrogen-bond acceptors (Lipinski definition) is 4. The fraction of sp³-hybridized carbons (Fsp3) is 0.533. The number of urea groups is 1. The largest absolute Gasteiger partial charge is 0.492 e. The van der Waals surface area contributed by atoms with Crippen LogP contribution in [0, 0.1) is 0 Å². The monoisotopic (exact) mass is 360 g/mol. The molecule has 1 saturated heterocycles. The van der Waals surface area contributed by atoms with Crippen molar-refractivity contribution in [2.45, 2.75) is 18.9 Å². The number of sulfone groups is 1. The summed E-state index contributed by atoms with van der Waals surface area (Å²) in [6.45, 7) is 0.719. The molecule has 1 aromatic carbocycles. The molecule has 1 fully saturated rings. The number of benzene rings is 1. The van der Waals surface area contributed by atoms with Crippen LogP contribution in [0.5, 0.6) is 5.75 Å². The molecular weight excluding hydrogens is 340 g/mol. The lowest BCUT2D eigenvalue weighted by molar-refractivity contribution is 0.183. The van der Waals surface area contributed by atoms with Crippen LogP contribution in [0.25, 0.3) is 0 Å². The van der Waals surface area contributed by atoms with Crippen molar-refractivity contribution in [3.63, 3.8) is 0 Å². The van der Waals surface area contributed by atoms with Crippen LogP contribution in [-0.2, 0) is 9.84 Å². The molecule has 1 aliphatic rings. The van der Waals surface area contributed by atoms with E-state index in [2.05, 4.69) is 5.32 Å². The van der Waals surface area contributed by atoms with E-state index in [9.17, 15) is 13.2 Å². The first-order chi connectivity index (χ1) is 10.9. The van der Waals surface area contributed by atoms with Gasteiger partial charge in [0.1, 0.15) is 22.2 Å². The van der Waals surface area contributed by atoms with Gasteiger partial charge in [-0.05, 0) is 37.1 Å². The molecule has 0 unspecified atom stereocenters. The molecule has 0 bridgehead atoms. The van der Waals surface area contributed by atoms with Crippen LogP contribution in [-0.4, -0.2) is 57.1 Å². The van der Waals surface area contributed by atoms with Gasteiger partial charge in [0.2, 0.25) is 0 Å². The maximum atomic E-state index is 12.1. The quantitative estimate of drug-likeness (QED) is 0.814. The number of hydrogen-bond donors (Lipinski definition) is 1. The first-order valence-electron chi connectivity index (χ1n) is 7.47. The standard InChI is InChI=1S/C15H21ClN2O4S/c1-18(13-6-10-23(20,21)11-7-13)15(19)17-8-9-22-14-4-2-12(16)3-5-14/h2-5,13H,6-11H2,1H3,(H,17,19). The van der Waals surface area contributed by atoms with E-state index in [4.69, 9.17) is 16.3 Å². The van der Waals surface area contributed by atoms with Gasteiger partial charge in [-0.15, -0.1) is 0 Å². The van der Waals surface area contributed by atoms with Gasteiger partial charge in [-0.2, -0.15) is 0 Å². The first kappa shape index (κ1) is 17.9. The molecule has 23 heavy (non-hydrogen) atoms. The van der Waals surface area contributed by atoms with Crippen molar-refractivity contribution < 1.29 is 17.9 Å². The van der Waals surface area contributed by atoms with Gasteiger partial charge in [0.05, 0.1) is 18.1 Å². The molecule has 8 heteroatoms.